The first kappa shape index (κ1) is 14.3. The average Bonchev–Trinajstić information content (AvgIpc) is 2.99. The summed E-state index contributed by atoms with van der Waals surface area (Å²) in [6.45, 7) is 3.08. The molecule has 0 aliphatic heterocycles. The molecule has 0 fully saturated rings. The van der Waals surface area contributed by atoms with Crippen molar-refractivity contribution in [1.29, 1.82) is 0 Å². The van der Waals surface area contributed by atoms with Gasteiger partial charge >= 0.3 is 0 Å². The Morgan fingerprint density at radius 3 is 2.85 bits per heavy atom. The van der Waals surface area contributed by atoms with Crippen LogP contribution in [0.4, 0.5) is 0 Å². The standard InChI is InChI=1S/C15H20N4O/c1-12(10-16-2)15(20)17-11-13-6-3-4-7-14(13)19-9-5-8-18-19/h3-9,12,16H,10-11H2,1-2H3,(H,17,20). The van der Waals surface area contributed by atoms with Gasteiger partial charge in [-0.2, -0.15) is 5.10 Å². The van der Waals surface area contributed by atoms with Crippen LogP contribution in [0.25, 0.3) is 5.69 Å². The zero-order chi connectivity index (χ0) is 14.4. The Kier molecular flexibility index (Phi) is 4.90. The molecule has 0 bridgehead atoms. The van der Waals surface area contributed by atoms with Gasteiger partial charge in [-0.1, -0.05) is 25.1 Å². The smallest absolute Gasteiger partial charge is 0.224 e. The Bertz CT molecular complexity index is 551. The molecule has 2 rings (SSSR count). The zero-order valence-corrected chi connectivity index (χ0v) is 11.8. The molecule has 1 heterocycles. The number of rotatable bonds is 6. The lowest BCUT2D eigenvalue weighted by molar-refractivity contribution is -0.124. The van der Waals surface area contributed by atoms with Gasteiger partial charge in [-0.05, 0) is 24.7 Å². The number of carbonyl (C=O) groups excluding carboxylic acids is 1. The maximum absolute atomic E-state index is 11.9. The van der Waals surface area contributed by atoms with Crippen molar-refractivity contribution < 1.29 is 4.79 Å². The summed E-state index contributed by atoms with van der Waals surface area (Å²) in [5.41, 5.74) is 2.03. The van der Waals surface area contributed by atoms with Crippen molar-refractivity contribution in [3.05, 3.63) is 48.3 Å². The first-order valence-corrected chi connectivity index (χ1v) is 6.72. The lowest BCUT2D eigenvalue weighted by Gasteiger charge is -2.13. The highest BCUT2D eigenvalue weighted by Crippen LogP contribution is 2.13. The van der Waals surface area contributed by atoms with E-state index in [2.05, 4.69) is 15.7 Å². The van der Waals surface area contributed by atoms with Gasteiger partial charge in [0, 0.05) is 31.4 Å². The third kappa shape index (κ3) is 3.45. The van der Waals surface area contributed by atoms with Crippen molar-refractivity contribution in [2.45, 2.75) is 13.5 Å². The molecule has 106 valence electrons. The van der Waals surface area contributed by atoms with E-state index in [1.165, 1.54) is 0 Å². The Morgan fingerprint density at radius 1 is 1.35 bits per heavy atom. The zero-order valence-electron chi connectivity index (χ0n) is 11.8. The summed E-state index contributed by atoms with van der Waals surface area (Å²) in [6, 6.07) is 9.80. The second kappa shape index (κ2) is 6.86. The summed E-state index contributed by atoms with van der Waals surface area (Å²) in [5.74, 6) is 0.00600. The van der Waals surface area contributed by atoms with Crippen LogP contribution in [0.15, 0.2) is 42.7 Å². The van der Waals surface area contributed by atoms with Crippen molar-refractivity contribution in [3.63, 3.8) is 0 Å². The number of nitrogens with one attached hydrogen (secondary N) is 2. The van der Waals surface area contributed by atoms with Gasteiger partial charge in [0.15, 0.2) is 0 Å². The molecule has 0 spiro atoms. The number of hydrogen-bond acceptors (Lipinski definition) is 3. The van der Waals surface area contributed by atoms with E-state index in [4.69, 9.17) is 0 Å². The second-order valence-electron chi connectivity index (χ2n) is 4.76. The molecule has 0 aliphatic carbocycles. The molecule has 5 nitrogen and oxygen atoms in total. The summed E-state index contributed by atoms with van der Waals surface area (Å²) < 4.78 is 1.80. The van der Waals surface area contributed by atoms with Crippen LogP contribution in [0, 0.1) is 5.92 Å². The minimum atomic E-state index is -0.0446. The van der Waals surface area contributed by atoms with Crippen molar-refractivity contribution in [2.24, 2.45) is 5.92 Å². The second-order valence-corrected chi connectivity index (χ2v) is 4.76. The minimum absolute atomic E-state index is 0.0446. The minimum Gasteiger partial charge on any atom is -0.352 e. The monoisotopic (exact) mass is 272 g/mol. The number of para-hydroxylation sites is 1. The molecule has 0 saturated carbocycles. The highest BCUT2D eigenvalue weighted by molar-refractivity contribution is 5.78. The van der Waals surface area contributed by atoms with Crippen LogP contribution in [0.5, 0.6) is 0 Å². The van der Waals surface area contributed by atoms with Crippen molar-refractivity contribution in [3.8, 4) is 5.69 Å². The quantitative estimate of drug-likeness (QED) is 0.834. The third-order valence-corrected chi connectivity index (χ3v) is 3.15. The molecular weight excluding hydrogens is 252 g/mol. The molecule has 1 unspecified atom stereocenters. The normalized spacial score (nSPS) is 12.1. The first-order chi connectivity index (χ1) is 9.72. The molecule has 1 atom stereocenters. The van der Waals surface area contributed by atoms with Gasteiger partial charge in [0.05, 0.1) is 5.69 Å². The van der Waals surface area contributed by atoms with Gasteiger partial charge in [0.25, 0.3) is 0 Å². The summed E-state index contributed by atoms with van der Waals surface area (Å²) in [6.07, 6.45) is 3.63. The Balaban J connectivity index is 2.05. The highest BCUT2D eigenvalue weighted by atomic mass is 16.1. The van der Waals surface area contributed by atoms with E-state index in [1.54, 1.807) is 10.9 Å². The van der Waals surface area contributed by atoms with Crippen LogP contribution in [0.1, 0.15) is 12.5 Å². The summed E-state index contributed by atoms with van der Waals surface area (Å²) in [4.78, 5) is 11.9. The van der Waals surface area contributed by atoms with E-state index in [0.717, 1.165) is 11.3 Å². The average molecular weight is 272 g/mol. The predicted octanol–water partition coefficient (Wildman–Crippen LogP) is 1.34. The molecule has 5 heteroatoms. The molecule has 0 aliphatic rings. The van der Waals surface area contributed by atoms with E-state index in [1.807, 2.05) is 50.5 Å². The molecule has 2 aromatic rings. The molecule has 1 amide bonds. The molecule has 1 aromatic carbocycles. The van der Waals surface area contributed by atoms with Crippen LogP contribution in [-0.2, 0) is 11.3 Å². The van der Waals surface area contributed by atoms with E-state index < -0.39 is 0 Å². The van der Waals surface area contributed by atoms with Crippen LogP contribution in [0.3, 0.4) is 0 Å². The summed E-state index contributed by atoms with van der Waals surface area (Å²) >= 11 is 0. The van der Waals surface area contributed by atoms with Crippen molar-refractivity contribution in [1.82, 2.24) is 20.4 Å². The Labute approximate surface area is 119 Å². The molecule has 0 radical (unpaired) electrons. The molecule has 0 saturated heterocycles. The van der Waals surface area contributed by atoms with Crippen molar-refractivity contribution in [2.75, 3.05) is 13.6 Å². The maximum Gasteiger partial charge on any atom is 0.224 e. The number of carbonyl (C=O) groups is 1. The fourth-order valence-electron chi connectivity index (χ4n) is 2.05. The largest absolute Gasteiger partial charge is 0.352 e. The number of nitrogens with zero attached hydrogens (tertiary/aromatic N) is 2. The topological polar surface area (TPSA) is 59.0 Å². The van der Waals surface area contributed by atoms with Gasteiger partial charge < -0.3 is 10.6 Å². The fraction of sp³-hybridized carbons (Fsp3) is 0.333. The van der Waals surface area contributed by atoms with Gasteiger partial charge in [-0.25, -0.2) is 4.68 Å². The van der Waals surface area contributed by atoms with Crippen LogP contribution in [-0.4, -0.2) is 29.3 Å². The lowest BCUT2D eigenvalue weighted by Crippen LogP contribution is -2.34. The summed E-state index contributed by atoms with van der Waals surface area (Å²) in [7, 11) is 1.84. The highest BCUT2D eigenvalue weighted by Gasteiger charge is 2.12. The van der Waals surface area contributed by atoms with Gasteiger partial charge in [-0.15, -0.1) is 0 Å². The molecule has 1 aromatic heterocycles. The van der Waals surface area contributed by atoms with Gasteiger partial charge in [0.1, 0.15) is 0 Å². The van der Waals surface area contributed by atoms with Crippen molar-refractivity contribution >= 4 is 5.91 Å². The molecular formula is C15H20N4O. The number of aromatic nitrogens is 2. The van der Waals surface area contributed by atoms with E-state index in [-0.39, 0.29) is 11.8 Å². The Morgan fingerprint density at radius 2 is 2.15 bits per heavy atom. The van der Waals surface area contributed by atoms with Crippen LogP contribution >= 0.6 is 0 Å². The summed E-state index contributed by atoms with van der Waals surface area (Å²) in [5, 5.41) is 10.2. The maximum atomic E-state index is 11.9. The SMILES string of the molecule is CNCC(C)C(=O)NCc1ccccc1-n1cccn1. The lowest BCUT2D eigenvalue weighted by atomic mass is 10.1. The van der Waals surface area contributed by atoms with Gasteiger partial charge in [0.2, 0.25) is 5.91 Å². The molecule has 20 heavy (non-hydrogen) atoms. The van der Waals surface area contributed by atoms with E-state index in [0.29, 0.717) is 13.1 Å². The van der Waals surface area contributed by atoms with Crippen LogP contribution < -0.4 is 10.6 Å². The van der Waals surface area contributed by atoms with E-state index in [9.17, 15) is 4.79 Å². The first-order valence-electron chi connectivity index (χ1n) is 6.72. The number of amides is 1. The van der Waals surface area contributed by atoms with E-state index >= 15 is 0 Å². The number of hydrogen-bond donors (Lipinski definition) is 2. The van der Waals surface area contributed by atoms with Gasteiger partial charge in [-0.3, -0.25) is 4.79 Å². The Hall–Kier alpha value is -2.14. The predicted molar refractivity (Wildman–Crippen MR) is 78.5 cm³/mol. The van der Waals surface area contributed by atoms with Crippen LogP contribution in [0.2, 0.25) is 0 Å². The number of benzene rings is 1. The molecule has 2 N–H and O–H groups in total. The fourth-order valence-corrected chi connectivity index (χ4v) is 2.05. The third-order valence-electron chi connectivity index (χ3n) is 3.15.